The van der Waals surface area contributed by atoms with Gasteiger partial charge < -0.3 is 9.53 Å². The first kappa shape index (κ1) is 13.8. The zero-order valence-electron chi connectivity index (χ0n) is 10.9. The van der Waals surface area contributed by atoms with Crippen LogP contribution in [0.2, 0.25) is 19.6 Å². The lowest BCUT2D eigenvalue weighted by Gasteiger charge is -2.19. The van der Waals surface area contributed by atoms with Gasteiger partial charge in [-0.25, -0.2) is 0 Å². The van der Waals surface area contributed by atoms with Gasteiger partial charge in [-0.1, -0.05) is 19.1 Å². The molecule has 0 fully saturated rings. The van der Waals surface area contributed by atoms with Crippen molar-refractivity contribution in [3.63, 3.8) is 0 Å². The summed E-state index contributed by atoms with van der Waals surface area (Å²) in [5.41, 5.74) is 1.01. The molecule has 0 aliphatic rings. The minimum absolute atomic E-state index is 0.364. The van der Waals surface area contributed by atoms with Crippen molar-refractivity contribution in [1.82, 2.24) is 0 Å². The molecule has 1 unspecified atom stereocenters. The topological polar surface area (TPSA) is 46.5 Å². The summed E-state index contributed by atoms with van der Waals surface area (Å²) in [6.07, 6.45) is 0.540. The second-order valence-electron chi connectivity index (χ2n) is 5.31. The molecule has 1 aromatic rings. The van der Waals surface area contributed by atoms with Crippen molar-refractivity contribution in [3.8, 4) is 5.75 Å². The third kappa shape index (κ3) is 5.04. The Morgan fingerprint density at radius 2 is 2.06 bits per heavy atom. The lowest BCUT2D eigenvalue weighted by atomic mass is 10.0. The maximum absolute atomic E-state index is 10.8. The van der Waals surface area contributed by atoms with E-state index in [4.69, 9.17) is 9.53 Å². The SMILES string of the molecule is CC(Cc1cccc(O[Si](C)(C)C)c1)C(=O)O. The van der Waals surface area contributed by atoms with E-state index in [0.717, 1.165) is 11.3 Å². The van der Waals surface area contributed by atoms with Crippen LogP contribution in [0.4, 0.5) is 0 Å². The average Bonchev–Trinajstić information content (AvgIpc) is 2.15. The fraction of sp³-hybridized carbons (Fsp3) is 0.462. The number of hydrogen-bond donors (Lipinski definition) is 1. The molecule has 0 bridgehead atoms. The first-order valence-corrected chi connectivity index (χ1v) is 9.19. The third-order valence-electron chi connectivity index (χ3n) is 2.29. The van der Waals surface area contributed by atoms with Crippen LogP contribution in [0.3, 0.4) is 0 Å². The summed E-state index contributed by atoms with van der Waals surface area (Å²) < 4.78 is 5.88. The van der Waals surface area contributed by atoms with Crippen molar-refractivity contribution in [2.24, 2.45) is 5.92 Å². The van der Waals surface area contributed by atoms with Crippen molar-refractivity contribution in [2.75, 3.05) is 0 Å². The van der Waals surface area contributed by atoms with Gasteiger partial charge in [-0.15, -0.1) is 0 Å². The van der Waals surface area contributed by atoms with Gasteiger partial charge in [-0.3, -0.25) is 4.79 Å². The van der Waals surface area contributed by atoms with Gasteiger partial charge in [-0.05, 0) is 43.8 Å². The number of carboxylic acid groups (broad SMARTS) is 1. The predicted molar refractivity (Wildman–Crippen MR) is 70.9 cm³/mol. The van der Waals surface area contributed by atoms with Crippen LogP contribution in [0.25, 0.3) is 0 Å². The highest BCUT2D eigenvalue weighted by atomic mass is 28.4. The molecular formula is C13H20O3Si. The van der Waals surface area contributed by atoms with Gasteiger partial charge in [0.25, 0.3) is 0 Å². The van der Waals surface area contributed by atoms with Crippen LogP contribution in [0.15, 0.2) is 24.3 Å². The molecule has 0 saturated heterocycles. The van der Waals surface area contributed by atoms with E-state index in [1.165, 1.54) is 0 Å². The second-order valence-corrected chi connectivity index (χ2v) is 9.73. The summed E-state index contributed by atoms with van der Waals surface area (Å²) in [6, 6.07) is 7.72. The molecule has 17 heavy (non-hydrogen) atoms. The van der Waals surface area contributed by atoms with Crippen LogP contribution in [0.5, 0.6) is 5.75 Å². The summed E-state index contributed by atoms with van der Waals surface area (Å²) in [4.78, 5) is 10.8. The molecule has 0 amide bonds. The molecule has 0 spiro atoms. The van der Waals surface area contributed by atoms with E-state index < -0.39 is 14.3 Å². The molecule has 1 N–H and O–H groups in total. The fourth-order valence-electron chi connectivity index (χ4n) is 1.53. The Kier molecular flexibility index (Phi) is 4.34. The highest BCUT2D eigenvalue weighted by molar-refractivity contribution is 6.70. The molecule has 0 aromatic heterocycles. The summed E-state index contributed by atoms with van der Waals surface area (Å²) in [7, 11) is -1.60. The largest absolute Gasteiger partial charge is 0.544 e. The highest BCUT2D eigenvalue weighted by Gasteiger charge is 2.17. The first-order valence-electron chi connectivity index (χ1n) is 5.79. The lowest BCUT2D eigenvalue weighted by molar-refractivity contribution is -0.141. The highest BCUT2D eigenvalue weighted by Crippen LogP contribution is 2.19. The summed E-state index contributed by atoms with van der Waals surface area (Å²) >= 11 is 0. The van der Waals surface area contributed by atoms with Crippen LogP contribution in [-0.4, -0.2) is 19.4 Å². The Labute approximate surface area is 104 Å². The van der Waals surface area contributed by atoms with E-state index in [2.05, 4.69) is 19.6 Å². The van der Waals surface area contributed by atoms with Gasteiger partial charge in [0.1, 0.15) is 5.75 Å². The summed E-state index contributed by atoms with van der Waals surface area (Å²) in [5, 5.41) is 8.87. The summed E-state index contributed by atoms with van der Waals surface area (Å²) in [5.74, 6) is -0.280. The molecule has 1 atom stereocenters. The number of carboxylic acids is 1. The zero-order chi connectivity index (χ0) is 13.1. The number of hydrogen-bond acceptors (Lipinski definition) is 2. The molecular weight excluding hydrogens is 232 g/mol. The maximum Gasteiger partial charge on any atom is 0.306 e. The smallest absolute Gasteiger partial charge is 0.306 e. The van der Waals surface area contributed by atoms with Crippen molar-refractivity contribution in [1.29, 1.82) is 0 Å². The first-order chi connectivity index (χ1) is 7.78. The third-order valence-corrected chi connectivity index (χ3v) is 3.13. The number of aliphatic carboxylic acids is 1. The van der Waals surface area contributed by atoms with E-state index in [1.54, 1.807) is 6.92 Å². The van der Waals surface area contributed by atoms with Gasteiger partial charge in [0.05, 0.1) is 5.92 Å². The molecule has 1 aromatic carbocycles. The fourth-order valence-corrected chi connectivity index (χ4v) is 2.36. The molecule has 0 radical (unpaired) electrons. The monoisotopic (exact) mass is 252 g/mol. The number of benzene rings is 1. The Bertz CT molecular complexity index is 396. The van der Waals surface area contributed by atoms with Crippen molar-refractivity contribution in [2.45, 2.75) is 33.0 Å². The van der Waals surface area contributed by atoms with E-state index >= 15 is 0 Å². The molecule has 0 heterocycles. The van der Waals surface area contributed by atoms with Crippen LogP contribution >= 0.6 is 0 Å². The summed E-state index contributed by atoms with van der Waals surface area (Å²) in [6.45, 7) is 8.09. The van der Waals surface area contributed by atoms with Crippen molar-refractivity contribution >= 4 is 14.3 Å². The molecule has 0 aliphatic heterocycles. The van der Waals surface area contributed by atoms with E-state index in [9.17, 15) is 4.79 Å². The minimum atomic E-state index is -1.60. The van der Waals surface area contributed by atoms with Crippen LogP contribution < -0.4 is 4.43 Å². The Morgan fingerprint density at radius 1 is 1.41 bits per heavy atom. The second kappa shape index (κ2) is 5.36. The molecule has 0 aliphatic carbocycles. The molecule has 0 saturated carbocycles. The quantitative estimate of drug-likeness (QED) is 0.819. The minimum Gasteiger partial charge on any atom is -0.544 e. The van der Waals surface area contributed by atoms with E-state index in [0.29, 0.717) is 6.42 Å². The molecule has 3 nitrogen and oxygen atoms in total. The van der Waals surface area contributed by atoms with Gasteiger partial charge in [0.2, 0.25) is 8.32 Å². The van der Waals surface area contributed by atoms with Gasteiger partial charge in [-0.2, -0.15) is 0 Å². The van der Waals surface area contributed by atoms with E-state index in [-0.39, 0.29) is 5.92 Å². The molecule has 1 rings (SSSR count). The zero-order valence-corrected chi connectivity index (χ0v) is 11.9. The normalized spacial score (nSPS) is 13.2. The van der Waals surface area contributed by atoms with Gasteiger partial charge in [0.15, 0.2) is 0 Å². The predicted octanol–water partition coefficient (Wildman–Crippen LogP) is 3.16. The van der Waals surface area contributed by atoms with Gasteiger partial charge in [0, 0.05) is 0 Å². The van der Waals surface area contributed by atoms with Crippen LogP contribution in [0, 0.1) is 5.92 Å². The lowest BCUT2D eigenvalue weighted by Crippen LogP contribution is -2.29. The van der Waals surface area contributed by atoms with Crippen LogP contribution in [0.1, 0.15) is 12.5 Å². The van der Waals surface area contributed by atoms with E-state index in [1.807, 2.05) is 24.3 Å². The average molecular weight is 252 g/mol. The Hall–Kier alpha value is -1.29. The van der Waals surface area contributed by atoms with Crippen molar-refractivity contribution in [3.05, 3.63) is 29.8 Å². The Balaban J connectivity index is 2.76. The maximum atomic E-state index is 10.8. The van der Waals surface area contributed by atoms with Crippen molar-refractivity contribution < 1.29 is 14.3 Å². The number of rotatable bonds is 5. The molecule has 4 heteroatoms. The van der Waals surface area contributed by atoms with Gasteiger partial charge >= 0.3 is 5.97 Å². The van der Waals surface area contributed by atoms with Crippen LogP contribution in [-0.2, 0) is 11.2 Å². The Morgan fingerprint density at radius 3 is 2.59 bits per heavy atom. The standard InChI is InChI=1S/C13H20O3Si/c1-10(13(14)15)8-11-6-5-7-12(9-11)16-17(2,3)4/h5-7,9-10H,8H2,1-4H3,(H,14,15). The number of carbonyl (C=O) groups is 1. The molecule has 94 valence electrons.